The fourth-order valence-corrected chi connectivity index (χ4v) is 4.02. The van der Waals surface area contributed by atoms with Crippen LogP contribution in [0.4, 0.5) is 11.4 Å². The number of thiocarbonyl (C=S) groups is 1. The first-order valence-corrected chi connectivity index (χ1v) is 10.6. The maximum atomic E-state index is 5.50. The van der Waals surface area contributed by atoms with Crippen LogP contribution in [0.15, 0.2) is 42.5 Å². The maximum absolute atomic E-state index is 5.50. The number of rotatable bonds is 6. The quantitative estimate of drug-likeness (QED) is 0.651. The van der Waals surface area contributed by atoms with Crippen LogP contribution in [-0.2, 0) is 0 Å². The predicted octanol–water partition coefficient (Wildman–Crippen LogP) is 4.99. The van der Waals surface area contributed by atoms with E-state index in [0.717, 1.165) is 30.4 Å². The van der Waals surface area contributed by atoms with E-state index in [0.29, 0.717) is 10.9 Å². The summed E-state index contributed by atoms with van der Waals surface area (Å²) in [5, 5.41) is 7.11. The Labute approximate surface area is 179 Å². The highest BCUT2D eigenvalue weighted by Crippen LogP contribution is 2.29. The molecule has 0 aliphatic carbocycles. The van der Waals surface area contributed by atoms with Crippen molar-refractivity contribution in [3.63, 3.8) is 0 Å². The predicted molar refractivity (Wildman–Crippen MR) is 124 cm³/mol. The second-order valence-electron chi connectivity index (χ2n) is 7.67. The third-order valence-electron chi connectivity index (χ3n) is 5.42. The molecule has 1 saturated heterocycles. The van der Waals surface area contributed by atoms with Gasteiger partial charge in [-0.3, -0.25) is 0 Å². The van der Waals surface area contributed by atoms with Crippen LogP contribution in [0.25, 0.3) is 0 Å². The van der Waals surface area contributed by atoms with Crippen LogP contribution >= 0.6 is 12.2 Å². The highest BCUT2D eigenvalue weighted by molar-refractivity contribution is 7.80. The van der Waals surface area contributed by atoms with Crippen molar-refractivity contribution >= 4 is 28.7 Å². The van der Waals surface area contributed by atoms with E-state index in [1.54, 1.807) is 14.2 Å². The Kier molecular flexibility index (Phi) is 7.20. The lowest BCUT2D eigenvalue weighted by atomic mass is 9.99. The van der Waals surface area contributed by atoms with E-state index < -0.39 is 0 Å². The monoisotopic (exact) mass is 413 g/mol. The van der Waals surface area contributed by atoms with Crippen LogP contribution in [0.1, 0.15) is 38.3 Å². The number of nitrogens with zero attached hydrogens (tertiary/aromatic N) is 1. The molecule has 0 spiro atoms. The van der Waals surface area contributed by atoms with Gasteiger partial charge in [-0.2, -0.15) is 0 Å². The molecule has 0 aromatic heterocycles. The molecule has 2 aromatic rings. The van der Waals surface area contributed by atoms with Crippen molar-refractivity contribution in [2.75, 3.05) is 37.5 Å². The number of anilines is 2. The lowest BCUT2D eigenvalue weighted by Crippen LogP contribution is -2.34. The standard InChI is InChI=1S/C23H31N3O2S/c1-16-6-5-13-26(15-16)19-9-7-18(8-10-19)17(2)24-23(29)25-21-12-11-20(27-3)14-22(21)28-4/h7-12,14,16-17H,5-6,13,15H2,1-4H3,(H2,24,25,29)/t16-,17-/m1/s1. The molecule has 2 N–H and O–H groups in total. The van der Waals surface area contributed by atoms with E-state index in [-0.39, 0.29) is 6.04 Å². The average molecular weight is 414 g/mol. The Morgan fingerprint density at radius 1 is 1.14 bits per heavy atom. The largest absolute Gasteiger partial charge is 0.497 e. The molecule has 0 unspecified atom stereocenters. The zero-order valence-corrected chi connectivity index (χ0v) is 18.5. The van der Waals surface area contributed by atoms with Gasteiger partial charge in [-0.25, -0.2) is 0 Å². The van der Waals surface area contributed by atoms with Gasteiger partial charge in [-0.05, 0) is 67.7 Å². The zero-order chi connectivity index (χ0) is 20.8. The van der Waals surface area contributed by atoms with Crippen molar-refractivity contribution in [3.8, 4) is 11.5 Å². The van der Waals surface area contributed by atoms with Crippen molar-refractivity contribution in [2.45, 2.75) is 32.7 Å². The van der Waals surface area contributed by atoms with Gasteiger partial charge in [0.2, 0.25) is 0 Å². The van der Waals surface area contributed by atoms with E-state index in [2.05, 4.69) is 53.6 Å². The van der Waals surface area contributed by atoms with Gasteiger partial charge in [0, 0.05) is 24.8 Å². The molecule has 1 aliphatic rings. The lowest BCUT2D eigenvalue weighted by molar-refractivity contribution is 0.395. The van der Waals surface area contributed by atoms with Crippen LogP contribution < -0.4 is 25.0 Å². The van der Waals surface area contributed by atoms with Crippen molar-refractivity contribution in [2.24, 2.45) is 5.92 Å². The molecule has 1 aliphatic heterocycles. The fourth-order valence-electron chi connectivity index (χ4n) is 3.74. The molecule has 2 aromatic carbocycles. The average Bonchev–Trinajstić information content (AvgIpc) is 2.74. The maximum Gasteiger partial charge on any atom is 0.171 e. The number of hydrogen-bond donors (Lipinski definition) is 2. The van der Waals surface area contributed by atoms with E-state index in [9.17, 15) is 0 Å². The third kappa shape index (κ3) is 5.54. The van der Waals surface area contributed by atoms with Gasteiger partial charge < -0.3 is 25.0 Å². The molecular weight excluding hydrogens is 382 g/mol. The Morgan fingerprint density at radius 3 is 2.55 bits per heavy atom. The van der Waals surface area contributed by atoms with Crippen molar-refractivity contribution < 1.29 is 9.47 Å². The number of piperidine rings is 1. The molecule has 6 heteroatoms. The number of ether oxygens (including phenoxy) is 2. The Bertz CT molecular complexity index is 825. The van der Waals surface area contributed by atoms with Crippen molar-refractivity contribution in [1.29, 1.82) is 0 Å². The SMILES string of the molecule is COc1ccc(NC(=S)N[C@H](C)c2ccc(N3CCC[C@@H](C)C3)cc2)c(OC)c1. The molecule has 1 fully saturated rings. The Morgan fingerprint density at radius 2 is 1.90 bits per heavy atom. The summed E-state index contributed by atoms with van der Waals surface area (Å²) in [5.41, 5.74) is 3.30. The number of nitrogens with one attached hydrogen (secondary N) is 2. The van der Waals surface area contributed by atoms with E-state index in [1.807, 2.05) is 18.2 Å². The van der Waals surface area contributed by atoms with Crippen molar-refractivity contribution in [1.82, 2.24) is 5.32 Å². The van der Waals surface area contributed by atoms with Crippen LogP contribution in [0.5, 0.6) is 11.5 Å². The van der Waals surface area contributed by atoms with Crippen LogP contribution in [0.3, 0.4) is 0 Å². The first kappa shape index (κ1) is 21.2. The van der Waals surface area contributed by atoms with E-state index in [1.165, 1.54) is 24.1 Å². The van der Waals surface area contributed by atoms with Gasteiger partial charge in [-0.15, -0.1) is 0 Å². The number of methoxy groups -OCH3 is 2. The number of hydrogen-bond acceptors (Lipinski definition) is 4. The first-order chi connectivity index (χ1) is 14.0. The molecule has 156 valence electrons. The van der Waals surface area contributed by atoms with Gasteiger partial charge in [0.25, 0.3) is 0 Å². The van der Waals surface area contributed by atoms with Crippen LogP contribution in [0, 0.1) is 5.92 Å². The summed E-state index contributed by atoms with van der Waals surface area (Å²) in [6.07, 6.45) is 2.61. The Balaban J connectivity index is 1.59. The van der Waals surface area contributed by atoms with Gasteiger partial charge in [-0.1, -0.05) is 19.1 Å². The molecule has 29 heavy (non-hydrogen) atoms. The molecule has 0 bridgehead atoms. The Hall–Kier alpha value is -2.47. The minimum Gasteiger partial charge on any atom is -0.497 e. The fraction of sp³-hybridized carbons (Fsp3) is 0.435. The summed E-state index contributed by atoms with van der Waals surface area (Å²) in [7, 11) is 3.26. The van der Waals surface area contributed by atoms with Gasteiger partial charge in [0.05, 0.1) is 25.9 Å². The minimum absolute atomic E-state index is 0.0913. The number of benzene rings is 2. The summed E-state index contributed by atoms with van der Waals surface area (Å²) in [6.45, 7) is 6.73. The first-order valence-electron chi connectivity index (χ1n) is 10.1. The summed E-state index contributed by atoms with van der Waals surface area (Å²) in [6, 6.07) is 14.5. The second-order valence-corrected chi connectivity index (χ2v) is 8.08. The normalized spacial score (nSPS) is 17.4. The van der Waals surface area contributed by atoms with Crippen LogP contribution in [-0.4, -0.2) is 32.4 Å². The molecule has 2 atom stereocenters. The zero-order valence-electron chi connectivity index (χ0n) is 17.7. The highest BCUT2D eigenvalue weighted by Gasteiger charge is 2.17. The van der Waals surface area contributed by atoms with Crippen molar-refractivity contribution in [3.05, 3.63) is 48.0 Å². The smallest absolute Gasteiger partial charge is 0.171 e. The van der Waals surface area contributed by atoms with Crippen LogP contribution in [0.2, 0.25) is 0 Å². The van der Waals surface area contributed by atoms with Gasteiger partial charge >= 0.3 is 0 Å². The molecule has 0 amide bonds. The molecule has 3 rings (SSSR count). The minimum atomic E-state index is 0.0913. The molecular formula is C23H31N3O2S. The lowest BCUT2D eigenvalue weighted by Gasteiger charge is -2.33. The molecule has 1 heterocycles. The summed E-state index contributed by atoms with van der Waals surface area (Å²) < 4.78 is 10.7. The topological polar surface area (TPSA) is 45.8 Å². The summed E-state index contributed by atoms with van der Waals surface area (Å²) in [4.78, 5) is 2.48. The van der Waals surface area contributed by atoms with Gasteiger partial charge in [0.1, 0.15) is 11.5 Å². The molecule has 0 saturated carbocycles. The third-order valence-corrected chi connectivity index (χ3v) is 5.64. The summed E-state index contributed by atoms with van der Waals surface area (Å²) in [5.74, 6) is 2.19. The highest BCUT2D eigenvalue weighted by atomic mass is 32.1. The second kappa shape index (κ2) is 9.83. The molecule has 0 radical (unpaired) electrons. The van der Waals surface area contributed by atoms with Gasteiger partial charge in [0.15, 0.2) is 5.11 Å². The van der Waals surface area contributed by atoms with E-state index >= 15 is 0 Å². The summed E-state index contributed by atoms with van der Waals surface area (Å²) >= 11 is 5.50. The molecule has 5 nitrogen and oxygen atoms in total. The van der Waals surface area contributed by atoms with E-state index in [4.69, 9.17) is 21.7 Å².